The highest BCUT2D eigenvalue weighted by Gasteiger charge is 2.24. The fraction of sp³-hybridized carbons (Fsp3) is 0.588. The molecule has 2 rings (SSSR count). The lowest BCUT2D eigenvalue weighted by Crippen LogP contribution is -2.41. The second kappa shape index (κ2) is 7.29. The molecule has 1 aromatic rings. The van der Waals surface area contributed by atoms with Gasteiger partial charge in [-0.05, 0) is 37.0 Å². The molecule has 1 amide bonds. The van der Waals surface area contributed by atoms with E-state index in [9.17, 15) is 9.90 Å². The fourth-order valence-corrected chi connectivity index (χ4v) is 3.44. The van der Waals surface area contributed by atoms with Crippen molar-refractivity contribution < 1.29 is 9.90 Å². The van der Waals surface area contributed by atoms with Crippen LogP contribution in [-0.4, -0.2) is 49.9 Å². The lowest BCUT2D eigenvalue weighted by molar-refractivity contribution is 0.0621. The second-order valence-corrected chi connectivity index (χ2v) is 12.9. The average Bonchev–Trinajstić information content (AvgIpc) is 2.52. The zero-order valence-corrected chi connectivity index (χ0v) is 14.9. The number of hydrogen-bond acceptors (Lipinski definition) is 3. The number of likely N-dealkylation sites (tertiary alicyclic amines) is 1. The monoisotopic (exact) mass is 320 g/mol. The van der Waals surface area contributed by atoms with Crippen LogP contribution < -0.4 is 5.32 Å². The van der Waals surface area contributed by atoms with E-state index in [2.05, 4.69) is 25.0 Å². The van der Waals surface area contributed by atoms with Crippen LogP contribution in [0.25, 0.3) is 0 Å². The molecule has 1 aliphatic heterocycles. The van der Waals surface area contributed by atoms with E-state index in [0.717, 1.165) is 36.8 Å². The fourth-order valence-electron chi connectivity index (χ4n) is 2.71. The van der Waals surface area contributed by atoms with Gasteiger partial charge < -0.3 is 15.3 Å². The van der Waals surface area contributed by atoms with E-state index < -0.39 is 8.07 Å². The van der Waals surface area contributed by atoms with Crippen molar-refractivity contribution >= 4 is 19.7 Å². The Bertz CT molecular complexity index is 514. The summed E-state index contributed by atoms with van der Waals surface area (Å²) in [5, 5.41) is 12.8. The lowest BCUT2D eigenvalue weighted by Gasteiger charge is -2.32. The van der Waals surface area contributed by atoms with Crippen LogP contribution in [0.4, 0.5) is 5.69 Å². The van der Waals surface area contributed by atoms with Crippen LogP contribution in [0.3, 0.4) is 0 Å². The predicted molar refractivity (Wildman–Crippen MR) is 94.0 cm³/mol. The van der Waals surface area contributed by atoms with Crippen molar-refractivity contribution in [1.29, 1.82) is 0 Å². The van der Waals surface area contributed by atoms with Crippen LogP contribution in [0.15, 0.2) is 24.3 Å². The standard InChI is InChI=1S/C17H28N2O2Si/c1-22(2,3)13-18-16-8-4-7-15(10-16)17(21)19-9-5-6-14(11-19)12-20/h4,7-8,10,14,18,20H,5-6,9,11-13H2,1-3H3. The molecule has 0 bridgehead atoms. The van der Waals surface area contributed by atoms with Crippen molar-refractivity contribution in [3.63, 3.8) is 0 Å². The van der Waals surface area contributed by atoms with Crippen molar-refractivity contribution in [1.82, 2.24) is 4.90 Å². The molecule has 1 atom stereocenters. The summed E-state index contributed by atoms with van der Waals surface area (Å²) in [6.07, 6.45) is 2.99. The molecule has 1 aromatic carbocycles. The first-order chi connectivity index (χ1) is 10.4. The molecule has 1 fully saturated rings. The molecule has 1 unspecified atom stereocenters. The van der Waals surface area contributed by atoms with Gasteiger partial charge in [-0.2, -0.15) is 0 Å². The summed E-state index contributed by atoms with van der Waals surface area (Å²) in [5.41, 5.74) is 1.75. The Morgan fingerprint density at radius 1 is 1.41 bits per heavy atom. The number of benzene rings is 1. The molecule has 1 saturated heterocycles. The van der Waals surface area contributed by atoms with Crippen molar-refractivity contribution in [3.8, 4) is 0 Å². The van der Waals surface area contributed by atoms with Gasteiger partial charge in [0.25, 0.3) is 5.91 Å². The summed E-state index contributed by atoms with van der Waals surface area (Å²) < 4.78 is 0. The Morgan fingerprint density at radius 2 is 2.18 bits per heavy atom. The molecule has 22 heavy (non-hydrogen) atoms. The highest BCUT2D eigenvalue weighted by atomic mass is 28.3. The molecule has 0 aliphatic carbocycles. The number of rotatable bonds is 5. The first-order valence-electron chi connectivity index (χ1n) is 8.13. The summed E-state index contributed by atoms with van der Waals surface area (Å²) in [5.74, 6) is 0.306. The van der Waals surface area contributed by atoms with Crippen molar-refractivity contribution in [2.45, 2.75) is 32.5 Å². The van der Waals surface area contributed by atoms with Crippen LogP contribution in [0.1, 0.15) is 23.2 Å². The van der Waals surface area contributed by atoms with Crippen LogP contribution in [0.5, 0.6) is 0 Å². The van der Waals surface area contributed by atoms with Crippen LogP contribution >= 0.6 is 0 Å². The van der Waals surface area contributed by atoms with Gasteiger partial charge in [0.15, 0.2) is 0 Å². The molecule has 122 valence electrons. The SMILES string of the molecule is C[Si](C)(C)CNc1cccc(C(=O)N2CCCC(CO)C2)c1. The minimum atomic E-state index is -1.17. The van der Waals surface area contributed by atoms with Crippen LogP contribution in [-0.2, 0) is 0 Å². The van der Waals surface area contributed by atoms with Crippen molar-refractivity contribution in [2.24, 2.45) is 5.92 Å². The maximum absolute atomic E-state index is 12.6. The molecule has 0 saturated carbocycles. The molecular formula is C17H28N2O2Si. The maximum atomic E-state index is 12.6. The number of aliphatic hydroxyl groups excluding tert-OH is 1. The molecule has 2 N–H and O–H groups in total. The van der Waals surface area contributed by atoms with Gasteiger partial charge in [0.1, 0.15) is 0 Å². The highest BCUT2D eigenvalue weighted by Crippen LogP contribution is 2.20. The summed E-state index contributed by atoms with van der Waals surface area (Å²) in [6, 6.07) is 7.78. The van der Waals surface area contributed by atoms with Crippen LogP contribution in [0.2, 0.25) is 19.6 Å². The van der Waals surface area contributed by atoms with Gasteiger partial charge in [-0.3, -0.25) is 4.79 Å². The molecule has 1 heterocycles. The van der Waals surface area contributed by atoms with E-state index in [1.165, 1.54) is 0 Å². The first kappa shape index (κ1) is 17.0. The molecule has 5 heteroatoms. The summed E-state index contributed by atoms with van der Waals surface area (Å²) in [4.78, 5) is 14.5. The molecule has 1 aliphatic rings. The molecular weight excluding hydrogens is 292 g/mol. The van der Waals surface area contributed by atoms with Crippen molar-refractivity contribution in [3.05, 3.63) is 29.8 Å². The maximum Gasteiger partial charge on any atom is 0.253 e. The third-order valence-corrected chi connectivity index (χ3v) is 5.23. The van der Waals surface area contributed by atoms with E-state index >= 15 is 0 Å². The first-order valence-corrected chi connectivity index (χ1v) is 11.8. The number of aliphatic hydroxyl groups is 1. The number of anilines is 1. The third kappa shape index (κ3) is 4.85. The van der Waals surface area contributed by atoms with Gasteiger partial charge in [0.05, 0.1) is 8.07 Å². The van der Waals surface area contributed by atoms with Gasteiger partial charge in [0.2, 0.25) is 0 Å². The Kier molecular flexibility index (Phi) is 5.64. The number of amides is 1. The van der Waals surface area contributed by atoms with E-state index in [0.29, 0.717) is 6.54 Å². The molecule has 0 radical (unpaired) electrons. The van der Waals surface area contributed by atoms with E-state index in [1.54, 1.807) is 0 Å². The molecule has 0 aromatic heterocycles. The minimum absolute atomic E-state index is 0.0785. The Hall–Kier alpha value is -1.33. The van der Waals surface area contributed by atoms with Gasteiger partial charge in [0, 0.05) is 37.1 Å². The van der Waals surface area contributed by atoms with E-state index in [4.69, 9.17) is 0 Å². The van der Waals surface area contributed by atoms with Crippen LogP contribution in [0, 0.1) is 5.92 Å². The smallest absolute Gasteiger partial charge is 0.253 e. The van der Waals surface area contributed by atoms with E-state index in [-0.39, 0.29) is 18.4 Å². The summed E-state index contributed by atoms with van der Waals surface area (Å²) in [6.45, 7) is 8.58. The number of carbonyl (C=O) groups is 1. The van der Waals surface area contributed by atoms with E-state index in [1.807, 2.05) is 29.2 Å². The number of nitrogens with zero attached hydrogens (tertiary/aromatic N) is 1. The number of nitrogens with one attached hydrogen (secondary N) is 1. The topological polar surface area (TPSA) is 52.6 Å². The predicted octanol–water partition coefficient (Wildman–Crippen LogP) is 2.82. The Morgan fingerprint density at radius 3 is 2.86 bits per heavy atom. The zero-order valence-electron chi connectivity index (χ0n) is 13.9. The number of carbonyl (C=O) groups excluding carboxylic acids is 1. The lowest BCUT2D eigenvalue weighted by atomic mass is 9.98. The third-order valence-electron chi connectivity index (χ3n) is 4.00. The largest absolute Gasteiger partial charge is 0.396 e. The number of hydrogen-bond donors (Lipinski definition) is 2. The van der Waals surface area contributed by atoms with Gasteiger partial charge >= 0.3 is 0 Å². The van der Waals surface area contributed by atoms with Crippen molar-refractivity contribution in [2.75, 3.05) is 31.2 Å². The average molecular weight is 321 g/mol. The quantitative estimate of drug-likeness (QED) is 0.820. The van der Waals surface area contributed by atoms with Gasteiger partial charge in [-0.1, -0.05) is 25.7 Å². The second-order valence-electron chi connectivity index (χ2n) is 7.44. The summed E-state index contributed by atoms with van der Waals surface area (Å²) in [7, 11) is -1.17. The van der Waals surface area contributed by atoms with Gasteiger partial charge in [-0.15, -0.1) is 0 Å². The highest BCUT2D eigenvalue weighted by molar-refractivity contribution is 6.76. The Labute approximate surface area is 134 Å². The Balaban J connectivity index is 2.03. The minimum Gasteiger partial charge on any atom is -0.396 e. The number of piperidine rings is 1. The molecule has 0 spiro atoms. The molecule has 4 nitrogen and oxygen atoms in total. The summed E-state index contributed by atoms with van der Waals surface area (Å²) >= 11 is 0. The normalized spacial score (nSPS) is 19.1. The van der Waals surface area contributed by atoms with Gasteiger partial charge in [-0.25, -0.2) is 0 Å². The zero-order chi connectivity index (χ0) is 16.2.